The van der Waals surface area contributed by atoms with Crippen molar-refractivity contribution in [1.29, 1.82) is 0 Å². The maximum atomic E-state index is 14.7. The maximum absolute atomic E-state index is 14.7. The van der Waals surface area contributed by atoms with E-state index in [9.17, 15) is 23.5 Å². The molecule has 6 heteroatoms. The highest BCUT2D eigenvalue weighted by molar-refractivity contribution is 6.51. The summed E-state index contributed by atoms with van der Waals surface area (Å²) in [5.41, 5.74) is 0.476. The van der Waals surface area contributed by atoms with E-state index in [1.807, 2.05) is 18.2 Å². The lowest BCUT2D eigenvalue weighted by Crippen LogP contribution is -2.30. The van der Waals surface area contributed by atoms with Crippen LogP contribution in [-0.2, 0) is 9.59 Å². The third-order valence-electron chi connectivity index (χ3n) is 5.77. The smallest absolute Gasteiger partial charge is 0.300 e. The number of hydrogen-bond acceptors (Lipinski definition) is 3. The summed E-state index contributed by atoms with van der Waals surface area (Å²) in [7, 11) is 0. The van der Waals surface area contributed by atoms with Crippen molar-refractivity contribution < 1.29 is 23.5 Å². The molecule has 1 heterocycles. The molecule has 33 heavy (non-hydrogen) atoms. The van der Waals surface area contributed by atoms with Gasteiger partial charge in [-0.15, -0.1) is 0 Å². The van der Waals surface area contributed by atoms with Crippen LogP contribution >= 0.6 is 0 Å². The summed E-state index contributed by atoms with van der Waals surface area (Å²) in [5, 5.41) is 12.9. The molecule has 162 valence electrons. The van der Waals surface area contributed by atoms with Crippen LogP contribution in [0.15, 0.2) is 96.6 Å². The first-order valence-corrected chi connectivity index (χ1v) is 10.3. The number of carbonyl (C=O) groups excluding carboxylic acids is 2. The molecule has 1 aliphatic heterocycles. The molecule has 1 saturated heterocycles. The molecule has 0 bridgehead atoms. The molecule has 5 rings (SSSR count). The monoisotopic (exact) mass is 441 g/mol. The van der Waals surface area contributed by atoms with Gasteiger partial charge < -0.3 is 5.11 Å². The van der Waals surface area contributed by atoms with E-state index >= 15 is 0 Å². The van der Waals surface area contributed by atoms with E-state index in [-0.39, 0.29) is 17.0 Å². The van der Waals surface area contributed by atoms with Gasteiger partial charge >= 0.3 is 0 Å². The Bertz CT molecular complexity index is 1440. The zero-order chi connectivity index (χ0) is 23.1. The molecule has 1 unspecified atom stereocenters. The van der Waals surface area contributed by atoms with Gasteiger partial charge in [0, 0.05) is 11.6 Å². The number of ketones is 1. The van der Waals surface area contributed by atoms with Crippen molar-refractivity contribution in [2.24, 2.45) is 0 Å². The van der Waals surface area contributed by atoms with Crippen molar-refractivity contribution in [3.8, 4) is 0 Å². The largest absolute Gasteiger partial charge is 0.507 e. The summed E-state index contributed by atoms with van der Waals surface area (Å²) >= 11 is 0. The number of aliphatic hydroxyl groups excluding tert-OH is 1. The predicted octanol–water partition coefficient (Wildman–Crippen LogP) is 5.74. The van der Waals surface area contributed by atoms with Crippen LogP contribution in [0, 0.1) is 11.6 Å². The standard InChI is InChI=1S/C27H17F2NO3/c28-18-13-14-22(21(29)15-18)30-24(17-8-2-1-3-9-17)23(26(32)27(30)33)25(31)20-12-6-10-16-7-4-5-11-19(16)20/h1-15,24,31H/b25-23-. The molecule has 1 atom stereocenters. The molecule has 1 fully saturated rings. The Morgan fingerprint density at radius 2 is 1.52 bits per heavy atom. The molecule has 4 aromatic carbocycles. The number of nitrogens with zero attached hydrogens (tertiary/aromatic N) is 1. The van der Waals surface area contributed by atoms with Crippen molar-refractivity contribution in [3.05, 3.63) is 119 Å². The van der Waals surface area contributed by atoms with Gasteiger partial charge in [0.2, 0.25) is 0 Å². The van der Waals surface area contributed by atoms with Crippen molar-refractivity contribution in [3.63, 3.8) is 0 Å². The van der Waals surface area contributed by atoms with E-state index < -0.39 is 29.4 Å². The fraction of sp³-hybridized carbons (Fsp3) is 0.0370. The first kappa shape index (κ1) is 20.6. The fourth-order valence-electron chi connectivity index (χ4n) is 4.29. The van der Waals surface area contributed by atoms with Gasteiger partial charge in [-0.1, -0.05) is 72.8 Å². The average molecular weight is 441 g/mol. The molecule has 1 amide bonds. The number of amides is 1. The molecule has 1 aliphatic rings. The van der Waals surface area contributed by atoms with Gasteiger partial charge in [0.15, 0.2) is 0 Å². The van der Waals surface area contributed by atoms with Crippen LogP contribution in [0.4, 0.5) is 14.5 Å². The second-order valence-corrected chi connectivity index (χ2v) is 7.70. The van der Waals surface area contributed by atoms with Crippen LogP contribution in [0.5, 0.6) is 0 Å². The van der Waals surface area contributed by atoms with E-state index in [1.54, 1.807) is 54.6 Å². The van der Waals surface area contributed by atoms with E-state index in [0.717, 1.165) is 22.4 Å². The van der Waals surface area contributed by atoms with Crippen LogP contribution in [-0.4, -0.2) is 16.8 Å². The summed E-state index contributed by atoms with van der Waals surface area (Å²) in [4.78, 5) is 27.3. The average Bonchev–Trinajstić information content (AvgIpc) is 3.09. The number of hydrogen-bond donors (Lipinski definition) is 1. The van der Waals surface area contributed by atoms with Crippen LogP contribution in [0.25, 0.3) is 16.5 Å². The lowest BCUT2D eigenvalue weighted by molar-refractivity contribution is -0.132. The molecule has 0 aromatic heterocycles. The molecule has 4 nitrogen and oxygen atoms in total. The van der Waals surface area contributed by atoms with Crippen LogP contribution in [0.3, 0.4) is 0 Å². The van der Waals surface area contributed by atoms with Crippen LogP contribution < -0.4 is 4.90 Å². The van der Waals surface area contributed by atoms with Gasteiger partial charge in [-0.25, -0.2) is 8.78 Å². The second-order valence-electron chi connectivity index (χ2n) is 7.70. The third-order valence-corrected chi connectivity index (χ3v) is 5.77. The normalized spacial score (nSPS) is 17.6. The van der Waals surface area contributed by atoms with E-state index in [0.29, 0.717) is 22.6 Å². The Labute approximate surface area is 188 Å². The predicted molar refractivity (Wildman–Crippen MR) is 122 cm³/mol. The molecular formula is C27H17F2NO3. The van der Waals surface area contributed by atoms with Gasteiger partial charge in [0.05, 0.1) is 17.3 Å². The van der Waals surface area contributed by atoms with Gasteiger partial charge in [-0.05, 0) is 28.5 Å². The lowest BCUT2D eigenvalue weighted by atomic mass is 9.93. The minimum atomic E-state index is -1.09. The Morgan fingerprint density at radius 1 is 0.818 bits per heavy atom. The zero-order valence-electron chi connectivity index (χ0n) is 17.2. The SMILES string of the molecule is O=C1C(=O)N(c2ccc(F)cc2F)C(c2ccccc2)/C1=C(/O)c1cccc2ccccc12. The number of halogens is 2. The quantitative estimate of drug-likeness (QED) is 0.250. The Balaban J connectivity index is 1.79. The molecule has 0 radical (unpaired) electrons. The molecule has 1 N–H and O–H groups in total. The van der Waals surface area contributed by atoms with E-state index in [1.165, 1.54) is 0 Å². The van der Waals surface area contributed by atoms with Gasteiger partial charge in [0.1, 0.15) is 17.4 Å². The van der Waals surface area contributed by atoms with Gasteiger partial charge in [0.25, 0.3) is 11.7 Å². The van der Waals surface area contributed by atoms with Crippen molar-refractivity contribution in [1.82, 2.24) is 0 Å². The highest BCUT2D eigenvalue weighted by Crippen LogP contribution is 2.43. The lowest BCUT2D eigenvalue weighted by Gasteiger charge is -2.25. The first-order chi connectivity index (χ1) is 16.0. The van der Waals surface area contributed by atoms with Crippen molar-refractivity contribution in [2.45, 2.75) is 6.04 Å². The third kappa shape index (κ3) is 3.36. The number of anilines is 1. The number of carbonyl (C=O) groups is 2. The highest BCUT2D eigenvalue weighted by atomic mass is 19.1. The minimum Gasteiger partial charge on any atom is -0.507 e. The zero-order valence-corrected chi connectivity index (χ0v) is 17.2. The number of fused-ring (bicyclic) bond motifs is 1. The summed E-state index contributed by atoms with van der Waals surface area (Å²) in [6.45, 7) is 0. The number of Topliss-reactive ketones (excluding diaryl/α,β-unsaturated/α-hetero) is 1. The Morgan fingerprint density at radius 3 is 2.27 bits per heavy atom. The summed E-state index contributed by atoms with van der Waals surface area (Å²) in [5.74, 6) is -4.10. The van der Waals surface area contributed by atoms with Crippen molar-refractivity contribution in [2.75, 3.05) is 4.90 Å². The minimum absolute atomic E-state index is 0.161. The fourth-order valence-corrected chi connectivity index (χ4v) is 4.29. The molecule has 0 spiro atoms. The van der Waals surface area contributed by atoms with Crippen LogP contribution in [0.1, 0.15) is 17.2 Å². The van der Waals surface area contributed by atoms with Crippen molar-refractivity contribution >= 4 is 33.9 Å². The second kappa shape index (κ2) is 7.98. The first-order valence-electron chi connectivity index (χ1n) is 10.3. The summed E-state index contributed by atoms with van der Waals surface area (Å²) in [6.07, 6.45) is 0. The molecule has 4 aromatic rings. The van der Waals surface area contributed by atoms with E-state index in [4.69, 9.17) is 0 Å². The summed E-state index contributed by atoms with van der Waals surface area (Å²) < 4.78 is 28.3. The number of benzene rings is 4. The topological polar surface area (TPSA) is 57.6 Å². The molecule has 0 saturated carbocycles. The van der Waals surface area contributed by atoms with E-state index in [2.05, 4.69) is 0 Å². The molecule has 0 aliphatic carbocycles. The molecular weight excluding hydrogens is 424 g/mol. The highest BCUT2D eigenvalue weighted by Gasteiger charge is 2.47. The summed E-state index contributed by atoms with van der Waals surface area (Å²) in [6, 6.07) is 22.9. The van der Waals surface area contributed by atoms with Gasteiger partial charge in [-0.2, -0.15) is 0 Å². The Hall–Kier alpha value is -4.32. The number of rotatable bonds is 3. The van der Waals surface area contributed by atoms with Crippen LogP contribution in [0.2, 0.25) is 0 Å². The Kier molecular flexibility index (Phi) is 4.98. The van der Waals surface area contributed by atoms with Gasteiger partial charge in [-0.3, -0.25) is 14.5 Å². The number of aliphatic hydroxyl groups is 1. The maximum Gasteiger partial charge on any atom is 0.300 e.